The molecule has 0 aliphatic rings. The fourth-order valence-corrected chi connectivity index (χ4v) is 2.92. The summed E-state index contributed by atoms with van der Waals surface area (Å²) in [6, 6.07) is 21.5. The van der Waals surface area contributed by atoms with Crippen molar-refractivity contribution < 1.29 is 9.36 Å². The third kappa shape index (κ3) is 2.46. The van der Waals surface area contributed by atoms with Crippen LogP contribution < -0.4 is 4.57 Å². The average Bonchev–Trinajstić information content (AvgIpc) is 2.62. The van der Waals surface area contributed by atoms with Crippen LogP contribution in [0.15, 0.2) is 79.1 Å². The molecular weight excluding hydrogens is 284 g/mol. The van der Waals surface area contributed by atoms with Crippen LogP contribution in [0, 0.1) is 0 Å². The van der Waals surface area contributed by atoms with Gasteiger partial charge in [0.25, 0.3) is 0 Å². The molecule has 0 saturated carbocycles. The predicted octanol–water partition coefficient (Wildman–Crippen LogP) is 3.56. The lowest BCUT2D eigenvalue weighted by molar-refractivity contribution is -0.655. The van der Waals surface area contributed by atoms with Gasteiger partial charge in [0, 0.05) is 23.2 Å². The van der Waals surface area contributed by atoms with E-state index < -0.39 is 0 Å². The van der Waals surface area contributed by atoms with Crippen LogP contribution >= 0.6 is 0 Å². The topological polar surface area (TPSA) is 33.8 Å². The molecule has 0 atom stereocenters. The van der Waals surface area contributed by atoms with E-state index in [9.17, 15) is 4.79 Å². The normalized spacial score (nSPS) is 11.0. The first kappa shape index (κ1) is 13.6. The molecule has 0 fully saturated rings. The Kier molecular flexibility index (Phi) is 3.31. The van der Waals surface area contributed by atoms with Gasteiger partial charge in [-0.05, 0) is 12.1 Å². The van der Waals surface area contributed by atoms with Crippen LogP contribution in [0.4, 0.5) is 0 Å². The van der Waals surface area contributed by atoms with Crippen LogP contribution in [-0.4, -0.2) is 10.8 Å². The van der Waals surface area contributed by atoms with E-state index in [1.807, 2.05) is 65.4 Å². The fraction of sp³-hybridized carbons (Fsp3) is 0.0500. The van der Waals surface area contributed by atoms with E-state index in [1.165, 1.54) is 0 Å². The van der Waals surface area contributed by atoms with Crippen molar-refractivity contribution in [3.05, 3.63) is 84.7 Å². The van der Waals surface area contributed by atoms with Crippen LogP contribution in [0.25, 0.3) is 21.8 Å². The second-order valence-electron chi connectivity index (χ2n) is 5.50. The van der Waals surface area contributed by atoms with Crippen LogP contribution in [-0.2, 0) is 6.54 Å². The molecule has 2 heterocycles. The Balaban J connectivity index is 1.87. The number of hydrogen-bond donors (Lipinski definition) is 0. The Morgan fingerprint density at radius 3 is 2.48 bits per heavy atom. The number of nitrogens with zero attached hydrogens (tertiary/aromatic N) is 2. The van der Waals surface area contributed by atoms with Crippen molar-refractivity contribution in [2.75, 3.05) is 0 Å². The van der Waals surface area contributed by atoms with Crippen molar-refractivity contribution in [2.24, 2.45) is 0 Å². The Morgan fingerprint density at radius 2 is 1.61 bits per heavy atom. The molecule has 2 aromatic heterocycles. The Hall–Kier alpha value is -3.07. The minimum absolute atomic E-state index is 0.0936. The summed E-state index contributed by atoms with van der Waals surface area (Å²) in [5.41, 5.74) is 2.66. The number of pyridine rings is 2. The molecular formula is C20H15N2O+. The Bertz CT molecular complexity index is 1010. The van der Waals surface area contributed by atoms with Crippen molar-refractivity contribution in [3.63, 3.8) is 0 Å². The summed E-state index contributed by atoms with van der Waals surface area (Å²) >= 11 is 0. The summed E-state index contributed by atoms with van der Waals surface area (Å²) in [5, 5.41) is 2.21. The third-order valence-corrected chi connectivity index (χ3v) is 4.03. The highest BCUT2D eigenvalue weighted by Gasteiger charge is 2.17. The lowest BCUT2D eigenvalue weighted by Gasteiger charge is -2.05. The van der Waals surface area contributed by atoms with E-state index in [1.54, 1.807) is 6.20 Å². The van der Waals surface area contributed by atoms with Gasteiger partial charge in [0.2, 0.25) is 17.8 Å². The van der Waals surface area contributed by atoms with Gasteiger partial charge in [0.05, 0.1) is 5.39 Å². The summed E-state index contributed by atoms with van der Waals surface area (Å²) in [6.07, 6.45) is 3.74. The van der Waals surface area contributed by atoms with Crippen LogP contribution in [0.3, 0.4) is 0 Å². The van der Waals surface area contributed by atoms with Crippen LogP contribution in [0.5, 0.6) is 0 Å². The van der Waals surface area contributed by atoms with Gasteiger partial charge in [-0.15, -0.1) is 0 Å². The molecule has 2 aromatic carbocycles. The van der Waals surface area contributed by atoms with Gasteiger partial charge in [-0.25, -0.2) is 4.98 Å². The largest absolute Gasteiger partial charge is 0.287 e. The lowest BCUT2D eigenvalue weighted by atomic mass is 10.1. The van der Waals surface area contributed by atoms with E-state index in [4.69, 9.17) is 0 Å². The maximum atomic E-state index is 12.6. The number of carbonyl (C=O) groups is 1. The van der Waals surface area contributed by atoms with E-state index in [0.717, 1.165) is 27.4 Å². The van der Waals surface area contributed by atoms with Crippen molar-refractivity contribution in [1.29, 1.82) is 0 Å². The fourth-order valence-electron chi connectivity index (χ4n) is 2.92. The minimum atomic E-state index is 0.0936. The highest BCUT2D eigenvalue weighted by atomic mass is 16.1. The zero-order valence-corrected chi connectivity index (χ0v) is 12.5. The first-order valence-electron chi connectivity index (χ1n) is 7.57. The first-order chi connectivity index (χ1) is 11.3. The first-order valence-corrected chi connectivity index (χ1v) is 7.57. The molecule has 0 saturated heterocycles. The quantitative estimate of drug-likeness (QED) is 0.329. The number of benzene rings is 2. The van der Waals surface area contributed by atoms with E-state index in [0.29, 0.717) is 6.54 Å². The number of hydrogen-bond acceptors (Lipinski definition) is 2. The molecule has 0 N–H and O–H groups in total. The summed E-state index contributed by atoms with van der Waals surface area (Å²) < 4.78 is 1.99. The van der Waals surface area contributed by atoms with Crippen molar-refractivity contribution in [2.45, 2.75) is 6.54 Å². The highest BCUT2D eigenvalue weighted by Crippen LogP contribution is 2.20. The number of carbonyl (C=O) groups excluding carboxylic acids is 1. The van der Waals surface area contributed by atoms with Gasteiger partial charge in [-0.1, -0.05) is 48.5 Å². The Morgan fingerprint density at radius 1 is 0.870 bits per heavy atom. The minimum Gasteiger partial charge on any atom is -0.287 e. The number of aromatic nitrogens is 2. The zero-order chi connectivity index (χ0) is 15.6. The summed E-state index contributed by atoms with van der Waals surface area (Å²) in [5.74, 6) is 0.0936. The van der Waals surface area contributed by atoms with Gasteiger partial charge in [0.15, 0.2) is 6.20 Å². The summed E-state index contributed by atoms with van der Waals surface area (Å²) in [6.45, 7) is 0.303. The maximum absolute atomic E-state index is 12.6. The molecule has 0 bridgehead atoms. The number of fused-ring (bicyclic) bond motifs is 3. The van der Waals surface area contributed by atoms with Crippen molar-refractivity contribution >= 4 is 27.6 Å². The molecule has 4 rings (SSSR count). The molecule has 4 aromatic rings. The predicted molar refractivity (Wildman–Crippen MR) is 90.2 cm³/mol. The molecule has 0 aliphatic carbocycles. The van der Waals surface area contributed by atoms with Crippen LogP contribution in [0.2, 0.25) is 0 Å². The maximum Gasteiger partial charge on any atom is 0.227 e. The van der Waals surface area contributed by atoms with Gasteiger partial charge < -0.3 is 0 Å². The molecule has 110 valence electrons. The SMILES string of the molecule is O=C(C[n+]1cc2ncccc2c2ccccc21)c1ccccc1. The van der Waals surface area contributed by atoms with Gasteiger partial charge in [-0.3, -0.25) is 4.79 Å². The van der Waals surface area contributed by atoms with Gasteiger partial charge in [-0.2, -0.15) is 4.57 Å². The van der Waals surface area contributed by atoms with Gasteiger partial charge in [0.1, 0.15) is 5.52 Å². The molecule has 3 heteroatoms. The molecule has 0 aliphatic heterocycles. The van der Waals surface area contributed by atoms with Crippen molar-refractivity contribution in [1.82, 2.24) is 4.98 Å². The standard InChI is InChI=1S/C20H15N2O/c23-20(15-7-2-1-3-8-15)14-22-13-18-16(10-6-12-21-18)17-9-4-5-11-19(17)22/h1-13H,14H2/q+1. The average molecular weight is 299 g/mol. The number of para-hydroxylation sites is 1. The van der Waals surface area contributed by atoms with E-state index in [2.05, 4.69) is 17.1 Å². The number of rotatable bonds is 3. The molecule has 23 heavy (non-hydrogen) atoms. The summed E-state index contributed by atoms with van der Waals surface area (Å²) in [7, 11) is 0. The smallest absolute Gasteiger partial charge is 0.227 e. The van der Waals surface area contributed by atoms with Gasteiger partial charge >= 0.3 is 0 Å². The molecule has 0 radical (unpaired) electrons. The number of ketones is 1. The molecule has 3 nitrogen and oxygen atoms in total. The zero-order valence-electron chi connectivity index (χ0n) is 12.5. The molecule has 0 amide bonds. The molecule has 0 unspecified atom stereocenters. The summed E-state index contributed by atoms with van der Waals surface area (Å²) in [4.78, 5) is 17.0. The van der Waals surface area contributed by atoms with E-state index in [-0.39, 0.29) is 5.78 Å². The van der Waals surface area contributed by atoms with Crippen molar-refractivity contribution in [3.8, 4) is 0 Å². The second-order valence-corrected chi connectivity index (χ2v) is 5.50. The molecule has 0 spiro atoms. The number of Topliss-reactive ketones (excluding diaryl/α,β-unsaturated/α-hetero) is 1. The van der Waals surface area contributed by atoms with E-state index >= 15 is 0 Å². The second kappa shape index (κ2) is 5.61. The van der Waals surface area contributed by atoms with Crippen LogP contribution in [0.1, 0.15) is 10.4 Å². The highest BCUT2D eigenvalue weighted by molar-refractivity contribution is 6.02. The lowest BCUT2D eigenvalue weighted by Crippen LogP contribution is -2.38. The Labute approximate surface area is 133 Å². The monoisotopic (exact) mass is 299 g/mol. The third-order valence-electron chi connectivity index (χ3n) is 4.03.